The highest BCUT2D eigenvalue weighted by Crippen LogP contribution is 2.39. The van der Waals surface area contributed by atoms with Crippen LogP contribution in [0.2, 0.25) is 15.1 Å². The molecule has 0 aliphatic carbocycles. The molecule has 0 bridgehead atoms. The molecular formula is C13H8Cl3. The first-order valence-electron chi connectivity index (χ1n) is 4.72. The smallest absolute Gasteiger partial charge is 0.0567 e. The first kappa shape index (κ1) is 11.8. The summed E-state index contributed by atoms with van der Waals surface area (Å²) in [4.78, 5) is 0. The molecule has 0 amide bonds. The topological polar surface area (TPSA) is 0 Å². The number of benzene rings is 2. The summed E-state index contributed by atoms with van der Waals surface area (Å²) in [7, 11) is 0. The molecule has 0 aliphatic heterocycles. The van der Waals surface area contributed by atoms with Gasteiger partial charge >= 0.3 is 0 Å². The van der Waals surface area contributed by atoms with Crippen molar-refractivity contribution in [1.82, 2.24) is 0 Å². The van der Waals surface area contributed by atoms with Crippen molar-refractivity contribution in [1.29, 1.82) is 0 Å². The zero-order chi connectivity index (χ0) is 11.7. The summed E-state index contributed by atoms with van der Waals surface area (Å²) in [5.41, 5.74) is 2.64. The van der Waals surface area contributed by atoms with Crippen molar-refractivity contribution in [3.63, 3.8) is 0 Å². The molecule has 16 heavy (non-hydrogen) atoms. The highest BCUT2D eigenvalue weighted by atomic mass is 35.5. The summed E-state index contributed by atoms with van der Waals surface area (Å²) in [6.07, 6.45) is 0. The fourth-order valence-corrected chi connectivity index (χ4v) is 2.50. The van der Waals surface area contributed by atoms with E-state index in [1.165, 1.54) is 0 Å². The Morgan fingerprint density at radius 2 is 1.56 bits per heavy atom. The van der Waals surface area contributed by atoms with E-state index in [4.69, 9.17) is 34.8 Å². The number of hydrogen-bond acceptors (Lipinski definition) is 0. The standard InChI is InChI=1S/C13H8Cl3/c1-8-4-2-5-9(14)12(8)13-10(15)6-3-7-11(13)16/h2-4,6-7H,1H3. The van der Waals surface area contributed by atoms with Crippen LogP contribution in [0.25, 0.3) is 11.1 Å². The second-order valence-electron chi connectivity index (χ2n) is 3.45. The maximum Gasteiger partial charge on any atom is 0.0567 e. The van der Waals surface area contributed by atoms with Crippen LogP contribution in [0, 0.1) is 13.0 Å². The minimum absolute atomic E-state index is 0.537. The minimum Gasteiger partial charge on any atom is -0.0836 e. The Kier molecular flexibility index (Phi) is 3.44. The van der Waals surface area contributed by atoms with Crippen molar-refractivity contribution < 1.29 is 0 Å². The number of hydrogen-bond donors (Lipinski definition) is 0. The molecule has 0 spiro atoms. The van der Waals surface area contributed by atoms with Gasteiger partial charge in [0.2, 0.25) is 0 Å². The van der Waals surface area contributed by atoms with Gasteiger partial charge in [0.1, 0.15) is 0 Å². The van der Waals surface area contributed by atoms with Gasteiger partial charge in [0.05, 0.1) is 5.02 Å². The zero-order valence-corrected chi connectivity index (χ0v) is 10.8. The van der Waals surface area contributed by atoms with Crippen molar-refractivity contribution in [3.05, 3.63) is 57.0 Å². The first-order valence-corrected chi connectivity index (χ1v) is 5.86. The van der Waals surface area contributed by atoms with Crippen LogP contribution in [0.15, 0.2) is 30.3 Å². The molecule has 81 valence electrons. The molecule has 2 aromatic carbocycles. The number of halogens is 3. The van der Waals surface area contributed by atoms with Crippen LogP contribution in [0.5, 0.6) is 0 Å². The predicted octanol–water partition coefficient (Wildman–Crippen LogP) is 5.42. The fraction of sp³-hybridized carbons (Fsp3) is 0.0769. The van der Waals surface area contributed by atoms with Gasteiger partial charge < -0.3 is 0 Å². The Hall–Kier alpha value is -0.690. The van der Waals surface area contributed by atoms with Crippen LogP contribution in [0.1, 0.15) is 5.56 Å². The van der Waals surface area contributed by atoms with E-state index in [0.29, 0.717) is 15.1 Å². The lowest BCUT2D eigenvalue weighted by atomic mass is 10.0. The van der Waals surface area contributed by atoms with Crippen LogP contribution < -0.4 is 0 Å². The van der Waals surface area contributed by atoms with Crippen LogP contribution >= 0.6 is 34.8 Å². The molecule has 0 saturated carbocycles. The monoisotopic (exact) mass is 269 g/mol. The third-order valence-electron chi connectivity index (χ3n) is 2.37. The maximum absolute atomic E-state index is 6.15. The van der Waals surface area contributed by atoms with E-state index in [0.717, 1.165) is 16.7 Å². The van der Waals surface area contributed by atoms with Gasteiger partial charge in [-0.3, -0.25) is 0 Å². The summed E-state index contributed by atoms with van der Waals surface area (Å²) in [6.45, 7) is 1.97. The van der Waals surface area contributed by atoms with Gasteiger partial charge in [-0.05, 0) is 24.6 Å². The largest absolute Gasteiger partial charge is 0.0836 e. The number of aryl methyl sites for hydroxylation is 1. The number of rotatable bonds is 1. The van der Waals surface area contributed by atoms with Crippen LogP contribution in [0.3, 0.4) is 0 Å². The summed E-state index contributed by atoms with van der Waals surface area (Å²) in [5.74, 6) is 0. The van der Waals surface area contributed by atoms with Crippen molar-refractivity contribution in [3.8, 4) is 11.1 Å². The van der Waals surface area contributed by atoms with Crippen molar-refractivity contribution in [2.24, 2.45) is 0 Å². The Labute approximate surface area is 110 Å². The van der Waals surface area contributed by atoms with Gasteiger partial charge in [0, 0.05) is 27.2 Å². The van der Waals surface area contributed by atoms with E-state index < -0.39 is 0 Å². The Morgan fingerprint density at radius 3 is 2.12 bits per heavy atom. The van der Waals surface area contributed by atoms with E-state index in [9.17, 15) is 0 Å². The third-order valence-corrected chi connectivity index (χ3v) is 3.30. The lowest BCUT2D eigenvalue weighted by Gasteiger charge is -2.11. The molecule has 0 aromatic heterocycles. The Morgan fingerprint density at radius 1 is 0.938 bits per heavy atom. The Balaban J connectivity index is 2.77. The lowest BCUT2D eigenvalue weighted by Crippen LogP contribution is -1.87. The fourth-order valence-electron chi connectivity index (χ4n) is 1.61. The molecule has 0 nitrogen and oxygen atoms in total. The second-order valence-corrected chi connectivity index (χ2v) is 4.64. The van der Waals surface area contributed by atoms with Gasteiger partial charge in [-0.1, -0.05) is 53.0 Å². The summed E-state index contributed by atoms with van der Waals surface area (Å²) in [6, 6.07) is 12.1. The SMILES string of the molecule is Cc1cc[c]c(Cl)c1-c1c(Cl)cccc1Cl. The van der Waals surface area contributed by atoms with E-state index in [1.807, 2.05) is 19.1 Å². The average molecular weight is 271 g/mol. The van der Waals surface area contributed by atoms with E-state index in [1.54, 1.807) is 18.2 Å². The molecule has 0 fully saturated rings. The molecule has 0 heterocycles. The van der Waals surface area contributed by atoms with Crippen LogP contribution in [0.4, 0.5) is 0 Å². The molecule has 0 N–H and O–H groups in total. The molecule has 1 radical (unpaired) electrons. The quantitative estimate of drug-likeness (QED) is 0.649. The summed E-state index contributed by atoms with van der Waals surface area (Å²) in [5, 5.41) is 1.73. The van der Waals surface area contributed by atoms with Gasteiger partial charge in [-0.15, -0.1) is 0 Å². The zero-order valence-electron chi connectivity index (χ0n) is 8.52. The minimum atomic E-state index is 0.537. The highest BCUT2D eigenvalue weighted by Gasteiger charge is 2.13. The molecule has 3 heteroatoms. The van der Waals surface area contributed by atoms with Crippen molar-refractivity contribution in [2.45, 2.75) is 6.92 Å². The average Bonchev–Trinajstić information content (AvgIpc) is 2.21. The molecule has 2 rings (SSSR count). The van der Waals surface area contributed by atoms with Crippen molar-refractivity contribution in [2.75, 3.05) is 0 Å². The van der Waals surface area contributed by atoms with Gasteiger partial charge in [0.15, 0.2) is 0 Å². The summed E-state index contributed by atoms with van der Waals surface area (Å²) >= 11 is 18.4. The van der Waals surface area contributed by atoms with Gasteiger partial charge in [-0.2, -0.15) is 0 Å². The molecular weight excluding hydrogens is 263 g/mol. The van der Waals surface area contributed by atoms with Gasteiger partial charge in [0.25, 0.3) is 0 Å². The van der Waals surface area contributed by atoms with Gasteiger partial charge in [-0.25, -0.2) is 0 Å². The maximum atomic E-state index is 6.15. The molecule has 0 unspecified atom stereocenters. The molecule has 0 atom stereocenters. The van der Waals surface area contributed by atoms with E-state index >= 15 is 0 Å². The Bertz CT molecular complexity index is 443. The highest BCUT2D eigenvalue weighted by molar-refractivity contribution is 6.41. The predicted molar refractivity (Wildman–Crippen MR) is 70.5 cm³/mol. The third kappa shape index (κ3) is 2.06. The van der Waals surface area contributed by atoms with E-state index in [-0.39, 0.29) is 0 Å². The molecule has 0 saturated heterocycles. The second kappa shape index (κ2) is 4.67. The molecule has 2 aromatic rings. The van der Waals surface area contributed by atoms with E-state index in [2.05, 4.69) is 6.07 Å². The first-order chi connectivity index (χ1) is 7.61. The van der Waals surface area contributed by atoms with Crippen LogP contribution in [-0.4, -0.2) is 0 Å². The normalized spacial score (nSPS) is 10.5. The van der Waals surface area contributed by atoms with Crippen LogP contribution in [-0.2, 0) is 0 Å². The van der Waals surface area contributed by atoms with Crippen molar-refractivity contribution >= 4 is 34.8 Å². The lowest BCUT2D eigenvalue weighted by molar-refractivity contribution is 1.45. The summed E-state index contributed by atoms with van der Waals surface area (Å²) < 4.78 is 0. The molecule has 0 aliphatic rings.